The maximum atomic E-state index is 12.8. The van der Waals surface area contributed by atoms with Gasteiger partial charge in [0, 0.05) is 12.8 Å². The van der Waals surface area contributed by atoms with Gasteiger partial charge in [0.15, 0.2) is 12.4 Å². The van der Waals surface area contributed by atoms with Gasteiger partial charge in [0.2, 0.25) is 0 Å². The Bertz CT molecular complexity index is 1400. The van der Waals surface area contributed by atoms with Crippen molar-refractivity contribution in [2.45, 2.75) is 198 Å². The first-order chi connectivity index (χ1) is 29.5. The number of unbranched alkanes of at least 4 members (excludes halogenated alkanes) is 13. The lowest BCUT2D eigenvalue weighted by Crippen LogP contribution is -2.60. The molecule has 1 heterocycles. The van der Waals surface area contributed by atoms with Crippen LogP contribution < -0.4 is 0 Å². The number of carbonyl (C=O) groups is 2. The number of hydrogen-bond donors (Lipinski definition) is 4. The van der Waals surface area contributed by atoms with Crippen molar-refractivity contribution in [1.82, 2.24) is 0 Å². The fourth-order valence-electron chi connectivity index (χ4n) is 6.45. The first kappa shape index (κ1) is 56.1. The molecular formula is C48H80O12S. The number of allylic oxidation sites excluding steroid dienone is 12. The molecule has 4 N–H and O–H groups in total. The van der Waals surface area contributed by atoms with E-state index in [-0.39, 0.29) is 19.4 Å². The van der Waals surface area contributed by atoms with Gasteiger partial charge in [0.1, 0.15) is 36.8 Å². The molecule has 0 aliphatic carbocycles. The average molecular weight is 881 g/mol. The summed E-state index contributed by atoms with van der Waals surface area (Å²) in [6.07, 6.45) is 37.9. The molecule has 61 heavy (non-hydrogen) atoms. The van der Waals surface area contributed by atoms with Gasteiger partial charge in [-0.25, -0.2) is 0 Å². The maximum absolute atomic E-state index is 12.8. The highest BCUT2D eigenvalue weighted by Crippen LogP contribution is 2.24. The molecule has 0 aromatic heterocycles. The molecule has 0 bridgehead atoms. The molecule has 1 aliphatic heterocycles. The highest BCUT2D eigenvalue weighted by Gasteiger charge is 2.46. The van der Waals surface area contributed by atoms with Crippen LogP contribution >= 0.6 is 0 Å². The fraction of sp³-hybridized carbons (Fsp3) is 0.708. The summed E-state index contributed by atoms with van der Waals surface area (Å²) in [7, 11) is -4.61. The lowest BCUT2D eigenvalue weighted by atomic mass is 10.00. The number of aliphatic hydroxyl groups excluding tert-OH is 3. The van der Waals surface area contributed by atoms with Crippen LogP contribution in [-0.4, -0.2) is 96.0 Å². The maximum Gasteiger partial charge on any atom is 0.306 e. The van der Waals surface area contributed by atoms with E-state index in [9.17, 15) is 37.9 Å². The number of rotatable bonds is 37. The fourth-order valence-corrected chi connectivity index (χ4v) is 7.14. The summed E-state index contributed by atoms with van der Waals surface area (Å²) in [5.41, 5.74) is 0. The van der Waals surface area contributed by atoms with E-state index >= 15 is 0 Å². The van der Waals surface area contributed by atoms with Crippen LogP contribution in [-0.2, 0) is 38.7 Å². The summed E-state index contributed by atoms with van der Waals surface area (Å²) >= 11 is 0. The summed E-state index contributed by atoms with van der Waals surface area (Å²) in [5.74, 6) is -2.03. The van der Waals surface area contributed by atoms with E-state index in [2.05, 4.69) is 86.8 Å². The van der Waals surface area contributed by atoms with Crippen molar-refractivity contribution in [1.29, 1.82) is 0 Å². The molecule has 6 unspecified atom stereocenters. The number of aliphatic hydroxyl groups is 3. The molecule has 1 aliphatic rings. The topological polar surface area (TPSA) is 186 Å². The summed E-state index contributed by atoms with van der Waals surface area (Å²) in [6, 6.07) is 0. The first-order valence-electron chi connectivity index (χ1n) is 23.0. The molecule has 13 heteroatoms. The Labute approximate surface area is 368 Å². The van der Waals surface area contributed by atoms with E-state index < -0.39 is 71.2 Å². The second-order valence-corrected chi connectivity index (χ2v) is 17.2. The van der Waals surface area contributed by atoms with Gasteiger partial charge in [-0.2, -0.15) is 8.42 Å². The summed E-state index contributed by atoms with van der Waals surface area (Å²) in [4.78, 5) is 25.4. The lowest BCUT2D eigenvalue weighted by molar-refractivity contribution is -0.297. The molecule has 350 valence electrons. The second kappa shape index (κ2) is 37.6. The van der Waals surface area contributed by atoms with Crippen LogP contribution in [0.5, 0.6) is 0 Å². The Hall–Kier alpha value is -2.91. The van der Waals surface area contributed by atoms with Crippen LogP contribution in [0.4, 0.5) is 0 Å². The van der Waals surface area contributed by atoms with Gasteiger partial charge in [-0.05, 0) is 77.0 Å². The number of hydrogen-bond acceptors (Lipinski definition) is 11. The van der Waals surface area contributed by atoms with E-state index in [1.54, 1.807) is 0 Å². The molecular weight excluding hydrogens is 801 g/mol. The molecule has 0 aromatic rings. The van der Waals surface area contributed by atoms with Crippen LogP contribution in [0, 0.1) is 0 Å². The highest BCUT2D eigenvalue weighted by atomic mass is 32.2. The summed E-state index contributed by atoms with van der Waals surface area (Å²) in [5, 5.41) is 30.9. The van der Waals surface area contributed by atoms with Crippen LogP contribution in [0.2, 0.25) is 0 Å². The Morgan fingerprint density at radius 1 is 0.574 bits per heavy atom. The van der Waals surface area contributed by atoms with Crippen molar-refractivity contribution in [3.05, 3.63) is 72.9 Å². The smallest absolute Gasteiger partial charge is 0.306 e. The third-order valence-corrected chi connectivity index (χ3v) is 10.8. The van der Waals surface area contributed by atoms with E-state index in [1.165, 1.54) is 12.8 Å². The Morgan fingerprint density at radius 2 is 1.03 bits per heavy atom. The van der Waals surface area contributed by atoms with Crippen molar-refractivity contribution >= 4 is 22.1 Å². The Morgan fingerprint density at radius 3 is 1.54 bits per heavy atom. The van der Waals surface area contributed by atoms with Gasteiger partial charge in [-0.15, -0.1) is 0 Å². The van der Waals surface area contributed by atoms with Crippen LogP contribution in [0.25, 0.3) is 0 Å². The van der Waals surface area contributed by atoms with Gasteiger partial charge < -0.3 is 34.3 Å². The minimum absolute atomic E-state index is 0.141. The third kappa shape index (κ3) is 32.4. The minimum Gasteiger partial charge on any atom is -0.462 e. The van der Waals surface area contributed by atoms with Gasteiger partial charge >= 0.3 is 11.9 Å². The van der Waals surface area contributed by atoms with Crippen molar-refractivity contribution in [3.63, 3.8) is 0 Å². The first-order valence-corrected chi connectivity index (χ1v) is 24.6. The zero-order chi connectivity index (χ0) is 44.8. The van der Waals surface area contributed by atoms with Crippen LogP contribution in [0.1, 0.15) is 162 Å². The molecule has 6 atom stereocenters. The van der Waals surface area contributed by atoms with Crippen LogP contribution in [0.15, 0.2) is 72.9 Å². The molecule has 0 spiro atoms. The highest BCUT2D eigenvalue weighted by molar-refractivity contribution is 7.85. The normalized spacial score (nSPS) is 20.7. The predicted octanol–water partition coefficient (Wildman–Crippen LogP) is 9.50. The second-order valence-electron chi connectivity index (χ2n) is 15.7. The predicted molar refractivity (Wildman–Crippen MR) is 242 cm³/mol. The molecule has 1 rings (SSSR count). The average Bonchev–Trinajstić information content (AvgIpc) is 3.22. The van der Waals surface area contributed by atoms with E-state index in [0.29, 0.717) is 12.8 Å². The van der Waals surface area contributed by atoms with Gasteiger partial charge in [0.25, 0.3) is 10.1 Å². The number of ether oxygens (including phenoxy) is 4. The Balaban J connectivity index is 2.46. The van der Waals surface area contributed by atoms with Crippen molar-refractivity contribution in [3.8, 4) is 0 Å². The molecule has 0 saturated carbocycles. The summed E-state index contributed by atoms with van der Waals surface area (Å²) in [6.45, 7) is 3.57. The SMILES string of the molecule is CC/C=C\C/C=C\C/C=C\C/C=C\CCCCCCCCC(=O)OC(COC(=O)CCCCCCC/C=C\C/C=C\CCCC)COC1OC(CS(=O)(=O)O)C(O)C(O)C1O. The molecule has 0 radical (unpaired) electrons. The van der Waals surface area contributed by atoms with E-state index in [1.807, 2.05) is 0 Å². The zero-order valence-electron chi connectivity index (χ0n) is 37.2. The van der Waals surface area contributed by atoms with E-state index in [0.717, 1.165) is 109 Å². The quantitative estimate of drug-likeness (QED) is 0.0201. The standard InChI is InChI=1S/C48H80O12S/c1-3-5-7-9-11-13-15-17-19-20-21-22-23-25-27-29-31-33-35-37-44(50)59-41(39-58-48-47(53)46(52)45(51)42(60-48)40-61(54,55)56)38-57-43(49)36-34-32-30-28-26-24-18-16-14-12-10-8-6-4-2/h5,7,10-13,16-19,21-22,41-42,45-48,51-53H,3-4,6,8-9,14-15,20,23-40H2,1-2H3,(H,54,55,56)/b7-5-,12-10-,13-11-,18-16-,19-17-,22-21-. The molecule has 0 aromatic carbocycles. The number of carbonyl (C=O) groups excluding carboxylic acids is 2. The zero-order valence-corrected chi connectivity index (χ0v) is 38.1. The van der Waals surface area contributed by atoms with Crippen molar-refractivity contribution < 1.29 is 56.8 Å². The monoisotopic (exact) mass is 881 g/mol. The lowest BCUT2D eigenvalue weighted by Gasteiger charge is -2.40. The van der Waals surface area contributed by atoms with Crippen LogP contribution in [0.3, 0.4) is 0 Å². The van der Waals surface area contributed by atoms with Crippen molar-refractivity contribution in [2.75, 3.05) is 19.0 Å². The molecule has 0 amide bonds. The number of esters is 2. The molecule has 1 saturated heterocycles. The van der Waals surface area contributed by atoms with E-state index in [4.69, 9.17) is 18.9 Å². The summed E-state index contributed by atoms with van der Waals surface area (Å²) < 4.78 is 54.1. The third-order valence-electron chi connectivity index (χ3n) is 10.0. The van der Waals surface area contributed by atoms with Gasteiger partial charge in [-0.1, -0.05) is 145 Å². The largest absolute Gasteiger partial charge is 0.462 e. The molecule has 1 fully saturated rings. The van der Waals surface area contributed by atoms with Gasteiger partial charge in [0.05, 0.1) is 6.61 Å². The minimum atomic E-state index is -4.61. The van der Waals surface area contributed by atoms with Gasteiger partial charge in [-0.3, -0.25) is 14.1 Å². The van der Waals surface area contributed by atoms with Crippen molar-refractivity contribution in [2.24, 2.45) is 0 Å². The Kier molecular flexibility index (Phi) is 34.6. The molecule has 12 nitrogen and oxygen atoms in total.